The van der Waals surface area contributed by atoms with Crippen molar-refractivity contribution in [2.24, 2.45) is 0 Å². The molecule has 0 amide bonds. The van der Waals surface area contributed by atoms with Crippen molar-refractivity contribution >= 4 is 14.5 Å². The predicted molar refractivity (Wildman–Crippen MR) is 37.5 cm³/mol. The van der Waals surface area contributed by atoms with E-state index in [1.807, 2.05) is 0 Å². The first-order valence-electron chi connectivity index (χ1n) is 2.26. The van der Waals surface area contributed by atoms with Crippen LogP contribution >= 0.6 is 0 Å². The van der Waals surface area contributed by atoms with Gasteiger partial charge in [-0.15, -0.1) is 0 Å². The topological polar surface area (TPSA) is 51.2 Å². The van der Waals surface area contributed by atoms with Crippen LogP contribution in [0.4, 0.5) is 0 Å². The average Bonchev–Trinajstić information content (AvgIpc) is 2.08. The van der Waals surface area contributed by atoms with Gasteiger partial charge < -0.3 is 0 Å². The molecule has 0 unspecified atom stereocenters. The van der Waals surface area contributed by atoms with E-state index in [1.165, 1.54) is 14.5 Å². The monoisotopic (exact) mass is 197 g/mol. The van der Waals surface area contributed by atoms with E-state index in [2.05, 4.69) is 13.2 Å². The molecule has 0 rings (SSSR count). The molecular weight excluding hydrogens is 191 g/mol. The molecule has 0 aliphatic heterocycles. The minimum atomic E-state index is -1.95. The molecule has 0 aromatic rings. The van der Waals surface area contributed by atoms with Gasteiger partial charge in [0.25, 0.3) is 0 Å². The zero-order valence-electron chi connectivity index (χ0n) is 5.63. The molecule has 11 heavy (non-hydrogen) atoms. The van der Waals surface area contributed by atoms with Gasteiger partial charge in [-0.3, -0.25) is 0 Å². The van der Waals surface area contributed by atoms with Crippen molar-refractivity contribution in [2.75, 3.05) is 0 Å². The molecular formula is C7H6CoO3. The Bertz CT molecular complexity index is 280. The molecule has 0 heterocycles. The van der Waals surface area contributed by atoms with Crippen LogP contribution in [0.25, 0.3) is 0 Å². The molecule has 61 valence electrons. The van der Waals surface area contributed by atoms with Gasteiger partial charge in [0.2, 0.25) is 0 Å². The van der Waals surface area contributed by atoms with Gasteiger partial charge in [0.1, 0.15) is 0 Å². The van der Waals surface area contributed by atoms with Gasteiger partial charge in [0.05, 0.1) is 0 Å². The van der Waals surface area contributed by atoms with E-state index in [4.69, 9.17) is 0 Å². The standard InChI is InChI=1S/C4H6.3CO.Co/c1-3-4-2;3*1-2;/h3-4H,1-2H2;;;;. The van der Waals surface area contributed by atoms with E-state index in [-0.39, 0.29) is 0 Å². The summed E-state index contributed by atoms with van der Waals surface area (Å²) in [4.78, 5) is 31.5. The molecule has 0 saturated heterocycles. The van der Waals surface area contributed by atoms with Crippen molar-refractivity contribution in [3.8, 4) is 0 Å². The van der Waals surface area contributed by atoms with Crippen molar-refractivity contribution in [1.82, 2.24) is 0 Å². The van der Waals surface area contributed by atoms with Gasteiger partial charge in [0, 0.05) is 0 Å². The Balaban J connectivity index is 0. The number of hydrogen-bond donors (Lipinski definition) is 0. The van der Waals surface area contributed by atoms with E-state index in [0.29, 0.717) is 0 Å². The molecule has 0 aromatic carbocycles. The number of carbonyl (C=O) groups excluding carboxylic acids is 3. The fraction of sp³-hybridized carbons (Fsp3) is 0. The SMILES string of the molecule is C=CC=C.O=[C]=[Co](=[C]=O)=[C]=O. The summed E-state index contributed by atoms with van der Waals surface area (Å²) < 4.78 is 0. The van der Waals surface area contributed by atoms with Crippen LogP contribution in [0.15, 0.2) is 25.3 Å². The summed E-state index contributed by atoms with van der Waals surface area (Å²) in [6.45, 7) is 6.72. The second-order valence-electron chi connectivity index (χ2n) is 0.926. The van der Waals surface area contributed by atoms with Crippen molar-refractivity contribution in [2.45, 2.75) is 0 Å². The van der Waals surface area contributed by atoms with E-state index in [0.717, 1.165) is 0 Å². The summed E-state index contributed by atoms with van der Waals surface area (Å²) in [5, 5.41) is 0. The van der Waals surface area contributed by atoms with Gasteiger partial charge in [0.15, 0.2) is 0 Å². The number of rotatable bonds is 1. The maximum atomic E-state index is 9.34. The zero-order chi connectivity index (χ0) is 9.11. The molecule has 4 heteroatoms. The summed E-state index contributed by atoms with van der Waals surface area (Å²) in [7, 11) is 0. The van der Waals surface area contributed by atoms with Crippen LogP contribution in [0.2, 0.25) is 0 Å². The molecule has 0 fully saturated rings. The first kappa shape index (κ1) is 12.4. The van der Waals surface area contributed by atoms with Crippen LogP contribution in [0.5, 0.6) is 0 Å². The Kier molecular flexibility index (Phi) is 13.0. The second-order valence-corrected chi connectivity index (χ2v) is 2.34. The van der Waals surface area contributed by atoms with Gasteiger partial charge in [-0.05, 0) is 0 Å². The summed E-state index contributed by atoms with van der Waals surface area (Å²) in [6, 6.07) is 0. The molecule has 3 nitrogen and oxygen atoms in total. The summed E-state index contributed by atoms with van der Waals surface area (Å²) >= 11 is -1.95. The third-order valence-corrected chi connectivity index (χ3v) is 1.01. The van der Waals surface area contributed by atoms with Crippen molar-refractivity contribution in [3.05, 3.63) is 25.3 Å². The minimum absolute atomic E-state index is 1.17. The molecule has 0 spiro atoms. The van der Waals surface area contributed by atoms with Crippen LogP contribution in [-0.2, 0) is 26.7 Å². The Hall–Kier alpha value is -1.27. The predicted octanol–water partition coefficient (Wildman–Crippen LogP) is 0.165. The molecule has 0 aliphatic carbocycles. The molecule has 0 atom stereocenters. The van der Waals surface area contributed by atoms with Crippen LogP contribution in [0, 0.1) is 0 Å². The average molecular weight is 197 g/mol. The number of hydrogen-bond acceptors (Lipinski definition) is 3. The Morgan fingerprint density at radius 2 is 1.18 bits per heavy atom. The first-order valence-corrected chi connectivity index (χ1v) is 3.82. The fourth-order valence-electron chi connectivity index (χ4n) is 0.0417. The maximum absolute atomic E-state index is 9.34. The van der Waals surface area contributed by atoms with Crippen LogP contribution in [0.3, 0.4) is 0 Å². The molecule has 0 aromatic heterocycles. The summed E-state index contributed by atoms with van der Waals surface area (Å²) in [6.07, 6.45) is 3.28. The Morgan fingerprint density at radius 1 is 0.909 bits per heavy atom. The van der Waals surface area contributed by atoms with Crippen molar-refractivity contribution < 1.29 is 26.7 Å². The van der Waals surface area contributed by atoms with Crippen LogP contribution in [0.1, 0.15) is 0 Å². The summed E-state index contributed by atoms with van der Waals surface area (Å²) in [5.41, 5.74) is 0. The van der Waals surface area contributed by atoms with E-state index in [9.17, 15) is 14.4 Å². The van der Waals surface area contributed by atoms with E-state index >= 15 is 0 Å². The van der Waals surface area contributed by atoms with Gasteiger partial charge in [-0.1, -0.05) is 25.3 Å². The normalized spacial score (nSPS) is 5.91. The van der Waals surface area contributed by atoms with Gasteiger partial charge >= 0.3 is 41.2 Å². The molecule has 0 saturated carbocycles. The van der Waals surface area contributed by atoms with E-state index < -0.39 is 12.3 Å². The Labute approximate surface area is 67.0 Å². The van der Waals surface area contributed by atoms with Crippen LogP contribution < -0.4 is 0 Å². The number of allylic oxidation sites excluding steroid dienone is 2. The fourth-order valence-corrected chi connectivity index (χ4v) is 0.172. The van der Waals surface area contributed by atoms with Crippen molar-refractivity contribution in [1.29, 1.82) is 0 Å². The third-order valence-electron chi connectivity index (χ3n) is 0.371. The molecule has 0 radical (unpaired) electrons. The van der Waals surface area contributed by atoms with Gasteiger partial charge in [-0.25, -0.2) is 0 Å². The van der Waals surface area contributed by atoms with Crippen LogP contribution in [-0.4, -0.2) is 14.5 Å². The first-order chi connectivity index (χ1) is 5.26. The summed E-state index contributed by atoms with van der Waals surface area (Å²) in [5.74, 6) is 0. The molecule has 0 bridgehead atoms. The third kappa shape index (κ3) is 12.0. The second kappa shape index (κ2) is 11.5. The quantitative estimate of drug-likeness (QED) is 0.563. The molecule has 0 aliphatic rings. The Morgan fingerprint density at radius 3 is 1.18 bits per heavy atom. The van der Waals surface area contributed by atoms with E-state index in [1.54, 1.807) is 12.2 Å². The van der Waals surface area contributed by atoms with Crippen molar-refractivity contribution in [3.63, 3.8) is 0 Å². The molecule has 0 N–H and O–H groups in total. The zero-order valence-corrected chi connectivity index (χ0v) is 6.67. The van der Waals surface area contributed by atoms with Gasteiger partial charge in [-0.2, -0.15) is 0 Å².